The Balaban J connectivity index is 2.14. The summed E-state index contributed by atoms with van der Waals surface area (Å²) in [6, 6.07) is 0.328. The number of carbonyl (C=O) groups excluding carboxylic acids is 1. The molecule has 2 heterocycles. The molecule has 0 spiro atoms. The fourth-order valence-electron chi connectivity index (χ4n) is 2.03. The Morgan fingerprint density at radius 1 is 1.56 bits per heavy atom. The summed E-state index contributed by atoms with van der Waals surface area (Å²) < 4.78 is 0. The number of rotatable bonds is 2. The van der Waals surface area contributed by atoms with Gasteiger partial charge in [0.05, 0.1) is 10.7 Å². The van der Waals surface area contributed by atoms with Gasteiger partial charge in [0.25, 0.3) is 5.91 Å². The largest absolute Gasteiger partial charge is 0.337 e. The number of hydrogen-bond donors (Lipinski definition) is 1. The number of aromatic nitrogens is 1. The maximum absolute atomic E-state index is 12.2. The number of thiazole rings is 1. The zero-order chi connectivity index (χ0) is 11.7. The van der Waals surface area contributed by atoms with E-state index in [4.69, 9.17) is 0 Å². The average molecular weight is 239 g/mol. The molecule has 0 aromatic carbocycles. The van der Waals surface area contributed by atoms with Gasteiger partial charge in [-0.05, 0) is 26.8 Å². The second kappa shape index (κ2) is 4.51. The van der Waals surface area contributed by atoms with E-state index in [0.29, 0.717) is 6.04 Å². The number of aryl methyl sites for hydroxylation is 2. The van der Waals surface area contributed by atoms with Crippen molar-refractivity contribution in [3.63, 3.8) is 0 Å². The summed E-state index contributed by atoms with van der Waals surface area (Å²) in [7, 11) is 1.88. The lowest BCUT2D eigenvalue weighted by molar-refractivity contribution is 0.0747. The minimum atomic E-state index is 0.108. The zero-order valence-electron chi connectivity index (χ0n) is 9.91. The molecule has 1 aromatic rings. The third kappa shape index (κ3) is 2.10. The Morgan fingerprint density at radius 3 is 2.81 bits per heavy atom. The predicted octanol–water partition coefficient (Wildman–Crippen LogP) is 1.19. The molecule has 0 radical (unpaired) electrons. The molecule has 1 aliphatic heterocycles. The van der Waals surface area contributed by atoms with E-state index < -0.39 is 0 Å². The molecular formula is C11H17N3OS. The fraction of sp³-hybridized carbons (Fsp3) is 0.636. The van der Waals surface area contributed by atoms with Gasteiger partial charge in [0.1, 0.15) is 4.88 Å². The van der Waals surface area contributed by atoms with E-state index in [-0.39, 0.29) is 5.91 Å². The van der Waals surface area contributed by atoms with Crippen LogP contribution in [0.2, 0.25) is 0 Å². The van der Waals surface area contributed by atoms with Crippen molar-refractivity contribution in [1.29, 1.82) is 0 Å². The first-order chi connectivity index (χ1) is 7.59. The van der Waals surface area contributed by atoms with Crippen molar-refractivity contribution in [2.75, 3.05) is 20.1 Å². The highest BCUT2D eigenvalue weighted by Gasteiger charge is 2.26. The molecule has 0 saturated carbocycles. The minimum absolute atomic E-state index is 0.108. The van der Waals surface area contributed by atoms with Gasteiger partial charge < -0.3 is 10.2 Å². The first kappa shape index (κ1) is 11.5. The number of carbonyl (C=O) groups is 1. The lowest BCUT2D eigenvalue weighted by Crippen LogP contribution is -2.38. The van der Waals surface area contributed by atoms with Crippen molar-refractivity contribution < 1.29 is 4.79 Å². The van der Waals surface area contributed by atoms with Crippen LogP contribution in [0.3, 0.4) is 0 Å². The van der Waals surface area contributed by atoms with Crippen LogP contribution >= 0.6 is 11.3 Å². The molecular weight excluding hydrogens is 222 g/mol. The Labute approximate surface area is 99.7 Å². The smallest absolute Gasteiger partial charge is 0.265 e. The second-order valence-corrected chi connectivity index (χ2v) is 5.41. The minimum Gasteiger partial charge on any atom is -0.337 e. The summed E-state index contributed by atoms with van der Waals surface area (Å²) in [6.45, 7) is 5.74. The van der Waals surface area contributed by atoms with Crippen molar-refractivity contribution in [1.82, 2.24) is 15.2 Å². The van der Waals surface area contributed by atoms with Gasteiger partial charge in [-0.2, -0.15) is 0 Å². The topological polar surface area (TPSA) is 45.2 Å². The predicted molar refractivity (Wildman–Crippen MR) is 65.0 cm³/mol. The number of hydrogen-bond acceptors (Lipinski definition) is 4. The highest BCUT2D eigenvalue weighted by Crippen LogP contribution is 2.20. The van der Waals surface area contributed by atoms with Gasteiger partial charge >= 0.3 is 0 Å². The Kier molecular flexibility index (Phi) is 3.25. The summed E-state index contributed by atoms with van der Waals surface area (Å²) in [4.78, 5) is 19.2. The third-order valence-electron chi connectivity index (χ3n) is 3.00. The molecule has 88 valence electrons. The molecule has 0 aliphatic carbocycles. The molecule has 5 heteroatoms. The molecule has 1 N–H and O–H groups in total. The molecule has 1 fully saturated rings. The van der Waals surface area contributed by atoms with Gasteiger partial charge in [-0.15, -0.1) is 11.3 Å². The molecule has 2 rings (SSSR count). The van der Waals surface area contributed by atoms with Crippen LogP contribution in [-0.4, -0.2) is 42.0 Å². The summed E-state index contributed by atoms with van der Waals surface area (Å²) >= 11 is 1.49. The molecule has 1 unspecified atom stereocenters. The Morgan fingerprint density at radius 2 is 2.31 bits per heavy atom. The van der Waals surface area contributed by atoms with Crippen LogP contribution in [0.4, 0.5) is 0 Å². The van der Waals surface area contributed by atoms with Gasteiger partial charge in [-0.3, -0.25) is 4.79 Å². The van der Waals surface area contributed by atoms with Crippen LogP contribution < -0.4 is 5.32 Å². The van der Waals surface area contributed by atoms with Crippen LogP contribution in [0.15, 0.2) is 0 Å². The van der Waals surface area contributed by atoms with Gasteiger partial charge in [0.2, 0.25) is 0 Å². The molecule has 1 amide bonds. The molecule has 16 heavy (non-hydrogen) atoms. The van der Waals surface area contributed by atoms with Crippen molar-refractivity contribution in [3.8, 4) is 0 Å². The molecule has 1 aromatic heterocycles. The zero-order valence-corrected chi connectivity index (χ0v) is 10.7. The van der Waals surface area contributed by atoms with E-state index in [1.54, 1.807) is 0 Å². The van der Waals surface area contributed by atoms with Crippen molar-refractivity contribution in [3.05, 3.63) is 15.6 Å². The summed E-state index contributed by atoms with van der Waals surface area (Å²) in [5, 5.41) is 4.23. The highest BCUT2D eigenvalue weighted by molar-refractivity contribution is 7.13. The number of nitrogens with zero attached hydrogens (tertiary/aromatic N) is 2. The first-order valence-corrected chi connectivity index (χ1v) is 6.33. The van der Waals surface area contributed by atoms with E-state index in [9.17, 15) is 4.79 Å². The highest BCUT2D eigenvalue weighted by atomic mass is 32.1. The monoisotopic (exact) mass is 239 g/mol. The Hall–Kier alpha value is -0.940. The van der Waals surface area contributed by atoms with Crippen LogP contribution in [0.1, 0.15) is 26.8 Å². The van der Waals surface area contributed by atoms with Crippen molar-refractivity contribution >= 4 is 17.2 Å². The lowest BCUT2D eigenvalue weighted by Gasteiger charge is -2.23. The third-order valence-corrected chi connectivity index (χ3v) is 4.06. The second-order valence-electron chi connectivity index (χ2n) is 4.21. The lowest BCUT2D eigenvalue weighted by atomic mass is 10.2. The molecule has 0 bridgehead atoms. The number of nitrogens with one attached hydrogen (secondary N) is 1. The molecule has 1 atom stereocenters. The fourth-order valence-corrected chi connectivity index (χ4v) is 2.93. The van der Waals surface area contributed by atoms with E-state index in [1.807, 2.05) is 25.8 Å². The van der Waals surface area contributed by atoms with E-state index >= 15 is 0 Å². The normalized spacial score (nSPS) is 20.1. The van der Waals surface area contributed by atoms with Gasteiger partial charge in [0.15, 0.2) is 0 Å². The number of amides is 1. The molecule has 4 nitrogen and oxygen atoms in total. The van der Waals surface area contributed by atoms with Crippen LogP contribution in [0.5, 0.6) is 0 Å². The van der Waals surface area contributed by atoms with E-state index in [2.05, 4.69) is 10.3 Å². The van der Waals surface area contributed by atoms with Crippen LogP contribution in [-0.2, 0) is 0 Å². The van der Waals surface area contributed by atoms with Gasteiger partial charge in [0, 0.05) is 19.6 Å². The van der Waals surface area contributed by atoms with E-state index in [1.165, 1.54) is 11.3 Å². The van der Waals surface area contributed by atoms with Crippen molar-refractivity contribution in [2.24, 2.45) is 0 Å². The summed E-state index contributed by atoms with van der Waals surface area (Å²) in [5.41, 5.74) is 0.852. The van der Waals surface area contributed by atoms with Gasteiger partial charge in [-0.25, -0.2) is 4.98 Å². The number of likely N-dealkylation sites (N-methyl/N-ethyl adjacent to an activating group) is 1. The maximum atomic E-state index is 12.2. The van der Waals surface area contributed by atoms with E-state index in [0.717, 1.165) is 35.1 Å². The van der Waals surface area contributed by atoms with Crippen LogP contribution in [0.25, 0.3) is 0 Å². The van der Waals surface area contributed by atoms with Gasteiger partial charge in [-0.1, -0.05) is 0 Å². The summed E-state index contributed by atoms with van der Waals surface area (Å²) in [6.07, 6.45) is 1.04. The quantitative estimate of drug-likeness (QED) is 0.843. The average Bonchev–Trinajstić information content (AvgIpc) is 2.85. The van der Waals surface area contributed by atoms with Crippen molar-refractivity contribution in [2.45, 2.75) is 26.3 Å². The maximum Gasteiger partial charge on any atom is 0.265 e. The summed E-state index contributed by atoms with van der Waals surface area (Å²) in [5.74, 6) is 0.108. The molecule has 1 aliphatic rings. The molecule has 1 saturated heterocycles. The van der Waals surface area contributed by atoms with Crippen LogP contribution in [0, 0.1) is 13.8 Å². The standard InChI is InChI=1S/C11H17N3OS/c1-7-10(16-8(2)13-7)11(15)14(3)9-4-5-12-6-9/h9,12H,4-6H2,1-3H3. The first-order valence-electron chi connectivity index (χ1n) is 5.51. The Bertz CT molecular complexity index is 396. The SMILES string of the molecule is Cc1nc(C)c(C(=O)N(C)C2CCNC2)s1.